The highest BCUT2D eigenvalue weighted by atomic mass is 19.4. The number of amides is 4. The Morgan fingerprint density at radius 3 is 1.33 bits per heavy atom. The number of alkyl halides is 6. The van der Waals surface area contributed by atoms with Crippen molar-refractivity contribution in [3.05, 3.63) is 119 Å². The smallest absolute Gasteiger partial charge is 0.490 e. The number of carboxylic acids is 2. The van der Waals surface area contributed by atoms with E-state index in [1.807, 2.05) is 101 Å². The molecule has 88 heavy (non-hydrogen) atoms. The molecule has 2 atom stereocenters. The topological polar surface area (TPSA) is 330 Å². The Hall–Kier alpha value is -9.44. The maximum absolute atomic E-state index is 12.5. The molecule has 474 valence electrons. The number of hydrogen-bond acceptors (Lipinski definition) is 16. The first kappa shape index (κ1) is 69.3. The van der Waals surface area contributed by atoms with Crippen LogP contribution in [0.15, 0.2) is 85.2 Å². The Labute approximate surface area is 502 Å². The fourth-order valence-electron chi connectivity index (χ4n) is 9.21. The van der Waals surface area contributed by atoms with Crippen LogP contribution in [-0.4, -0.2) is 120 Å². The van der Waals surface area contributed by atoms with Crippen LogP contribution >= 0.6 is 0 Å². The van der Waals surface area contributed by atoms with Crippen molar-refractivity contribution < 1.29 is 84.3 Å². The lowest BCUT2D eigenvalue weighted by molar-refractivity contribution is -0.193. The summed E-state index contributed by atoms with van der Waals surface area (Å²) < 4.78 is 86.6. The normalized spacial score (nSPS) is 14.2. The summed E-state index contributed by atoms with van der Waals surface area (Å²) in [6.07, 6.45) is -0.108. The number of nitrogens with two attached hydrogens (primary N) is 2. The summed E-state index contributed by atoms with van der Waals surface area (Å²) in [5.74, 6) is -4.45. The van der Waals surface area contributed by atoms with Crippen LogP contribution in [0.3, 0.4) is 0 Å². The number of aromatic nitrogens is 2. The SMILES string of the molecule is CCOc1cc2ncc(C(N)=O)c(Nc3cccc(CNC(=O)[C@@H]4C=CCN4)c3CC)c2cc1OCC.CCOc1cc2ncc(C(N)=O)c(Nc3cccc(CNC(=O)[C@H]4CCCN4)c3CC)c2cc1OCC.O=C(O)C(F)(F)F.O=C(O)C(F)(F)F. The number of hydrogen-bond donors (Lipinski definition) is 10. The van der Waals surface area contributed by atoms with E-state index >= 15 is 0 Å². The number of carboxylic acid groups (broad SMARTS) is 2. The van der Waals surface area contributed by atoms with Gasteiger partial charge in [-0.1, -0.05) is 50.3 Å². The Morgan fingerprint density at radius 2 is 1.00 bits per heavy atom. The summed E-state index contributed by atoms with van der Waals surface area (Å²) >= 11 is 0. The zero-order chi connectivity index (χ0) is 64.9. The number of carbonyl (C=O) groups excluding carboxylic acids is 4. The Kier molecular flexibility index (Phi) is 25.5. The number of benzene rings is 4. The first-order valence-electron chi connectivity index (χ1n) is 27.9. The van der Waals surface area contributed by atoms with Crippen molar-refractivity contribution in [2.24, 2.45) is 11.5 Å². The first-order valence-corrected chi connectivity index (χ1v) is 27.9. The summed E-state index contributed by atoms with van der Waals surface area (Å²) in [5, 5.41) is 35.0. The van der Waals surface area contributed by atoms with E-state index in [4.69, 9.17) is 50.2 Å². The number of ether oxygens (including phenoxy) is 4. The van der Waals surface area contributed by atoms with Crippen molar-refractivity contribution in [1.82, 2.24) is 31.2 Å². The maximum Gasteiger partial charge on any atom is 0.490 e. The number of carbonyl (C=O) groups is 6. The average molecular weight is 1240 g/mol. The van der Waals surface area contributed by atoms with E-state index in [-0.39, 0.29) is 35.0 Å². The highest BCUT2D eigenvalue weighted by Gasteiger charge is 2.39. The zero-order valence-electron chi connectivity index (χ0n) is 49.0. The van der Waals surface area contributed by atoms with Crippen molar-refractivity contribution in [2.75, 3.05) is 50.2 Å². The van der Waals surface area contributed by atoms with E-state index in [2.05, 4.69) is 48.8 Å². The number of aliphatic carboxylic acids is 2. The molecular formula is C60H70F6N10O12. The summed E-state index contributed by atoms with van der Waals surface area (Å²) in [6, 6.07) is 18.6. The minimum absolute atomic E-state index is 0.0163. The van der Waals surface area contributed by atoms with E-state index in [0.29, 0.717) is 109 Å². The standard InChI is InChI=1S/C28H35N5O4.C28H33N5O4.2C2HF3O2/c2*1-4-18-17(15-32-28(35)22-11-8-12-30-22)9-7-10-21(18)33-26-19-13-24(36-5-2)25(37-6-3)14-23(19)31-16-20(26)27(29)34;2*3-2(4,5)1(6)7/h7,9-10,13-14,16,22,30H,4-6,8,11-12,15H2,1-3H3,(H2,29,34)(H,31,33)(H,32,35);7-11,13-14,16,22,30H,4-6,12,15H2,1-3H3,(H2,29,34)(H,31,33)(H,32,35);2*(H,6,7)/t2*22-;;/m10../s1. The summed E-state index contributed by atoms with van der Waals surface area (Å²) in [7, 11) is 0. The molecule has 12 N–H and O–H groups in total. The molecule has 0 saturated carbocycles. The second-order valence-corrected chi connectivity index (χ2v) is 19.0. The molecule has 2 aliphatic heterocycles. The Bertz CT molecular complexity index is 3460. The van der Waals surface area contributed by atoms with Crippen molar-refractivity contribution in [3.8, 4) is 23.0 Å². The first-order chi connectivity index (χ1) is 41.8. The fraction of sp³-hybridized carbons (Fsp3) is 0.367. The molecule has 0 unspecified atom stereocenters. The van der Waals surface area contributed by atoms with Gasteiger partial charge in [0.15, 0.2) is 23.0 Å². The molecule has 4 aromatic carbocycles. The second-order valence-electron chi connectivity index (χ2n) is 19.0. The van der Waals surface area contributed by atoms with Crippen LogP contribution < -0.4 is 62.3 Å². The van der Waals surface area contributed by atoms with Crippen molar-refractivity contribution in [2.45, 2.75) is 105 Å². The molecule has 8 rings (SSSR count). The predicted octanol–water partition coefficient (Wildman–Crippen LogP) is 8.65. The molecule has 0 bridgehead atoms. The molecule has 2 aliphatic rings. The van der Waals surface area contributed by atoms with Gasteiger partial charge in [-0.05, 0) is 106 Å². The van der Waals surface area contributed by atoms with E-state index in [1.54, 1.807) is 6.07 Å². The van der Waals surface area contributed by atoms with Gasteiger partial charge in [0.05, 0.1) is 66.0 Å². The number of rotatable bonds is 22. The summed E-state index contributed by atoms with van der Waals surface area (Å²) in [5.41, 5.74) is 20.1. The third-order valence-corrected chi connectivity index (χ3v) is 13.2. The van der Waals surface area contributed by atoms with Gasteiger partial charge in [0.1, 0.15) is 6.04 Å². The Balaban J connectivity index is 0.000000263. The van der Waals surface area contributed by atoms with Gasteiger partial charge in [0, 0.05) is 66.3 Å². The largest absolute Gasteiger partial charge is 0.490 e. The van der Waals surface area contributed by atoms with Gasteiger partial charge >= 0.3 is 24.3 Å². The van der Waals surface area contributed by atoms with Crippen LogP contribution in [-0.2, 0) is 45.1 Å². The van der Waals surface area contributed by atoms with E-state index in [9.17, 15) is 45.5 Å². The van der Waals surface area contributed by atoms with Gasteiger partial charge in [-0.25, -0.2) is 9.59 Å². The van der Waals surface area contributed by atoms with Crippen molar-refractivity contribution in [1.29, 1.82) is 0 Å². The monoisotopic (exact) mass is 1240 g/mol. The lowest BCUT2D eigenvalue weighted by Crippen LogP contribution is -2.40. The molecule has 1 fully saturated rings. The summed E-state index contributed by atoms with van der Waals surface area (Å²) in [6.45, 7) is 16.0. The van der Waals surface area contributed by atoms with Gasteiger partial charge in [-0.3, -0.25) is 34.5 Å². The summed E-state index contributed by atoms with van der Waals surface area (Å²) in [4.78, 5) is 76.5. The number of pyridine rings is 2. The Morgan fingerprint density at radius 1 is 0.602 bits per heavy atom. The highest BCUT2D eigenvalue weighted by Crippen LogP contribution is 2.40. The number of nitrogens with one attached hydrogen (secondary N) is 6. The van der Waals surface area contributed by atoms with Crippen molar-refractivity contribution in [3.63, 3.8) is 0 Å². The molecule has 22 nitrogen and oxygen atoms in total. The van der Waals surface area contributed by atoms with Crippen LogP contribution in [0.25, 0.3) is 21.8 Å². The lowest BCUT2D eigenvalue weighted by Gasteiger charge is -2.20. The maximum atomic E-state index is 12.5. The second kappa shape index (κ2) is 32.3. The fourth-order valence-corrected chi connectivity index (χ4v) is 9.21. The van der Waals surface area contributed by atoms with E-state index in [0.717, 1.165) is 59.4 Å². The predicted molar refractivity (Wildman–Crippen MR) is 316 cm³/mol. The lowest BCUT2D eigenvalue weighted by atomic mass is 10.0. The van der Waals surface area contributed by atoms with E-state index in [1.165, 1.54) is 12.4 Å². The molecular weight excluding hydrogens is 1170 g/mol. The van der Waals surface area contributed by atoms with Gasteiger partial charge in [0.25, 0.3) is 11.8 Å². The van der Waals surface area contributed by atoms with Crippen LogP contribution in [0, 0.1) is 0 Å². The number of nitrogens with zero attached hydrogens (tertiary/aromatic N) is 2. The van der Waals surface area contributed by atoms with E-state index < -0.39 is 36.1 Å². The average Bonchev–Trinajstić information content (AvgIpc) is 1.05. The number of halogens is 6. The highest BCUT2D eigenvalue weighted by molar-refractivity contribution is 6.09. The molecule has 0 spiro atoms. The molecule has 28 heteroatoms. The molecule has 0 aliphatic carbocycles. The molecule has 0 radical (unpaired) electrons. The van der Waals surface area contributed by atoms with Gasteiger partial charge in [-0.2, -0.15) is 26.3 Å². The number of anilines is 4. The van der Waals surface area contributed by atoms with Crippen molar-refractivity contribution >= 4 is 80.1 Å². The van der Waals surface area contributed by atoms with Crippen LogP contribution in [0.2, 0.25) is 0 Å². The molecule has 1 saturated heterocycles. The number of fused-ring (bicyclic) bond motifs is 2. The minimum atomic E-state index is -5.08. The molecule has 2 aromatic heterocycles. The zero-order valence-corrected chi connectivity index (χ0v) is 49.0. The molecule has 4 amide bonds. The van der Waals surface area contributed by atoms with Crippen LogP contribution in [0.4, 0.5) is 49.1 Å². The van der Waals surface area contributed by atoms with Crippen LogP contribution in [0.1, 0.15) is 97.4 Å². The molecule has 6 aromatic rings. The third kappa shape index (κ3) is 18.8. The third-order valence-electron chi connectivity index (χ3n) is 13.2. The molecule has 4 heterocycles. The number of primary amides is 2. The van der Waals surface area contributed by atoms with Crippen LogP contribution in [0.5, 0.6) is 23.0 Å². The quantitative estimate of drug-likeness (QED) is 0.0224. The van der Waals surface area contributed by atoms with Gasteiger partial charge < -0.3 is 67.2 Å². The van der Waals surface area contributed by atoms with Gasteiger partial charge in [0.2, 0.25) is 11.8 Å². The minimum Gasteiger partial charge on any atom is -0.490 e. The van der Waals surface area contributed by atoms with Gasteiger partial charge in [-0.15, -0.1) is 0 Å².